The number of nitrogen functional groups attached to an aromatic ring is 2. The van der Waals surface area contributed by atoms with Crippen LogP contribution in [0.4, 0.5) is 11.4 Å². The summed E-state index contributed by atoms with van der Waals surface area (Å²) in [5.74, 6) is 0.606. The highest BCUT2D eigenvalue weighted by Gasteiger charge is 2.11. The van der Waals surface area contributed by atoms with Crippen LogP contribution >= 0.6 is 0 Å². The molecule has 25 heavy (non-hydrogen) atoms. The number of hydrogen-bond donors (Lipinski definition) is 2. The lowest BCUT2D eigenvalue weighted by atomic mass is 10.0. The zero-order valence-electron chi connectivity index (χ0n) is 15.0. The number of ether oxygens (including phenoxy) is 1. The van der Waals surface area contributed by atoms with Gasteiger partial charge in [-0.1, -0.05) is 26.0 Å². The topological polar surface area (TPSA) is 81.6 Å². The van der Waals surface area contributed by atoms with Crippen LogP contribution in [0, 0.1) is 0 Å². The molecular weight excluding hydrogens is 314 g/mol. The average molecular weight is 341 g/mol. The molecule has 0 aliphatic heterocycles. The number of nitrogens with two attached hydrogens (primary N) is 2. The molecule has 0 aromatic heterocycles. The molecule has 0 bridgehead atoms. The minimum absolute atomic E-state index is 0.0970. The summed E-state index contributed by atoms with van der Waals surface area (Å²) in [6.45, 7) is 8.04. The van der Waals surface area contributed by atoms with Crippen molar-refractivity contribution in [1.82, 2.24) is 4.90 Å². The molecule has 0 atom stereocenters. The number of benzene rings is 2. The maximum absolute atomic E-state index is 12.6. The average Bonchev–Trinajstić information content (AvgIpc) is 2.64. The lowest BCUT2D eigenvalue weighted by Gasteiger charge is -2.17. The van der Waals surface area contributed by atoms with E-state index in [2.05, 4.69) is 18.7 Å². The van der Waals surface area contributed by atoms with Crippen molar-refractivity contribution in [2.75, 3.05) is 37.7 Å². The molecule has 4 N–H and O–H groups in total. The lowest BCUT2D eigenvalue weighted by Crippen LogP contribution is -2.25. The SMILES string of the molecule is CCN(CC)CCCOc1cccc(C(=O)c2ccc(N)c(N)c2)c1. The van der Waals surface area contributed by atoms with Gasteiger partial charge in [-0.2, -0.15) is 0 Å². The third-order valence-corrected chi connectivity index (χ3v) is 4.23. The van der Waals surface area contributed by atoms with Gasteiger partial charge in [0, 0.05) is 17.7 Å². The van der Waals surface area contributed by atoms with E-state index in [4.69, 9.17) is 16.2 Å². The van der Waals surface area contributed by atoms with Gasteiger partial charge in [0.1, 0.15) is 5.75 Å². The fraction of sp³-hybridized carbons (Fsp3) is 0.350. The highest BCUT2D eigenvalue weighted by atomic mass is 16.5. The van der Waals surface area contributed by atoms with E-state index in [9.17, 15) is 4.79 Å². The van der Waals surface area contributed by atoms with Crippen molar-refractivity contribution in [2.45, 2.75) is 20.3 Å². The van der Waals surface area contributed by atoms with E-state index in [1.165, 1.54) is 0 Å². The van der Waals surface area contributed by atoms with Gasteiger partial charge in [0.2, 0.25) is 0 Å². The number of ketones is 1. The molecule has 0 unspecified atom stereocenters. The molecule has 0 saturated heterocycles. The van der Waals surface area contributed by atoms with Crippen LogP contribution in [-0.2, 0) is 0 Å². The standard InChI is InChI=1S/C20H27N3O2/c1-3-23(4-2)11-6-12-25-17-8-5-7-15(13-17)20(24)16-9-10-18(21)19(22)14-16/h5,7-10,13-14H,3-4,6,11-12,21-22H2,1-2H3. The third-order valence-electron chi connectivity index (χ3n) is 4.23. The van der Waals surface area contributed by atoms with Crippen LogP contribution in [0.5, 0.6) is 5.75 Å². The largest absolute Gasteiger partial charge is 0.494 e. The summed E-state index contributed by atoms with van der Waals surface area (Å²) >= 11 is 0. The van der Waals surface area contributed by atoms with Crippen molar-refractivity contribution in [3.8, 4) is 5.75 Å². The smallest absolute Gasteiger partial charge is 0.193 e. The molecule has 0 aliphatic carbocycles. The molecule has 0 spiro atoms. The summed E-state index contributed by atoms with van der Waals surface area (Å²) < 4.78 is 5.79. The maximum atomic E-state index is 12.6. The molecular formula is C20H27N3O2. The van der Waals surface area contributed by atoms with Gasteiger partial charge in [-0.25, -0.2) is 0 Å². The first-order valence-corrected chi connectivity index (χ1v) is 8.70. The Morgan fingerprint density at radius 1 is 1.00 bits per heavy atom. The van der Waals surface area contributed by atoms with E-state index in [0.717, 1.165) is 26.1 Å². The molecule has 2 rings (SSSR count). The summed E-state index contributed by atoms with van der Waals surface area (Å²) in [5.41, 5.74) is 13.5. The Kier molecular flexibility index (Phi) is 6.83. The van der Waals surface area contributed by atoms with Gasteiger partial charge in [0.25, 0.3) is 0 Å². The molecule has 0 fully saturated rings. The zero-order valence-corrected chi connectivity index (χ0v) is 15.0. The van der Waals surface area contributed by atoms with E-state index in [1.54, 1.807) is 30.3 Å². The third kappa shape index (κ3) is 5.22. The Morgan fingerprint density at radius 3 is 2.40 bits per heavy atom. The monoisotopic (exact) mass is 341 g/mol. The summed E-state index contributed by atoms with van der Waals surface area (Å²) in [6, 6.07) is 12.2. The van der Waals surface area contributed by atoms with Gasteiger partial charge < -0.3 is 21.1 Å². The second-order valence-corrected chi connectivity index (χ2v) is 5.93. The molecule has 2 aromatic carbocycles. The first-order valence-electron chi connectivity index (χ1n) is 8.70. The van der Waals surface area contributed by atoms with Gasteiger partial charge in [-0.05, 0) is 49.8 Å². The fourth-order valence-electron chi connectivity index (χ4n) is 2.63. The van der Waals surface area contributed by atoms with E-state index < -0.39 is 0 Å². The number of rotatable bonds is 9. The summed E-state index contributed by atoms with van der Waals surface area (Å²) in [5, 5.41) is 0. The van der Waals surface area contributed by atoms with Gasteiger partial charge in [0.15, 0.2) is 5.78 Å². The van der Waals surface area contributed by atoms with Gasteiger partial charge in [0.05, 0.1) is 18.0 Å². The van der Waals surface area contributed by atoms with Crippen LogP contribution in [-0.4, -0.2) is 36.9 Å². The summed E-state index contributed by atoms with van der Waals surface area (Å²) in [4.78, 5) is 15.0. The molecule has 5 nitrogen and oxygen atoms in total. The van der Waals surface area contributed by atoms with E-state index in [0.29, 0.717) is 34.9 Å². The second-order valence-electron chi connectivity index (χ2n) is 5.93. The predicted octanol–water partition coefficient (Wildman–Crippen LogP) is 3.19. The van der Waals surface area contributed by atoms with Gasteiger partial charge in [-0.15, -0.1) is 0 Å². The number of hydrogen-bond acceptors (Lipinski definition) is 5. The first-order chi connectivity index (χ1) is 12.0. The van der Waals surface area contributed by atoms with Crippen molar-refractivity contribution < 1.29 is 9.53 Å². The van der Waals surface area contributed by atoms with Crippen LogP contribution in [0.25, 0.3) is 0 Å². The molecule has 2 aromatic rings. The van der Waals surface area contributed by atoms with Crippen LogP contribution in [0.15, 0.2) is 42.5 Å². The van der Waals surface area contributed by atoms with Crippen LogP contribution in [0.1, 0.15) is 36.2 Å². The van der Waals surface area contributed by atoms with Crippen molar-refractivity contribution in [3.63, 3.8) is 0 Å². The predicted molar refractivity (Wildman–Crippen MR) is 103 cm³/mol. The Balaban J connectivity index is 1.98. The minimum atomic E-state index is -0.0970. The van der Waals surface area contributed by atoms with Crippen molar-refractivity contribution in [3.05, 3.63) is 53.6 Å². The molecule has 134 valence electrons. The van der Waals surface area contributed by atoms with E-state index in [-0.39, 0.29) is 5.78 Å². The van der Waals surface area contributed by atoms with Crippen LogP contribution in [0.3, 0.4) is 0 Å². The van der Waals surface area contributed by atoms with Crippen molar-refractivity contribution in [2.24, 2.45) is 0 Å². The normalized spacial score (nSPS) is 10.8. The highest BCUT2D eigenvalue weighted by Crippen LogP contribution is 2.21. The molecule has 0 radical (unpaired) electrons. The van der Waals surface area contributed by atoms with E-state index >= 15 is 0 Å². The fourth-order valence-corrected chi connectivity index (χ4v) is 2.63. The summed E-state index contributed by atoms with van der Waals surface area (Å²) in [7, 11) is 0. The zero-order chi connectivity index (χ0) is 18.2. The van der Waals surface area contributed by atoms with Crippen LogP contribution in [0.2, 0.25) is 0 Å². The maximum Gasteiger partial charge on any atom is 0.193 e. The number of carbonyl (C=O) groups is 1. The molecule has 0 heterocycles. The number of carbonyl (C=O) groups excluding carboxylic acids is 1. The Hall–Kier alpha value is -2.53. The van der Waals surface area contributed by atoms with Crippen molar-refractivity contribution >= 4 is 17.2 Å². The highest BCUT2D eigenvalue weighted by molar-refractivity contribution is 6.10. The summed E-state index contributed by atoms with van der Waals surface area (Å²) in [6.07, 6.45) is 0.953. The Labute approximate surface area is 149 Å². The second kappa shape index (κ2) is 9.08. The molecule has 0 aliphatic rings. The van der Waals surface area contributed by atoms with E-state index in [1.807, 2.05) is 12.1 Å². The number of nitrogens with zero attached hydrogens (tertiary/aromatic N) is 1. The van der Waals surface area contributed by atoms with Crippen LogP contribution < -0.4 is 16.2 Å². The quantitative estimate of drug-likeness (QED) is 0.416. The molecule has 0 saturated carbocycles. The van der Waals surface area contributed by atoms with Crippen molar-refractivity contribution in [1.29, 1.82) is 0 Å². The lowest BCUT2D eigenvalue weighted by molar-refractivity contribution is 0.103. The number of anilines is 2. The molecule has 5 heteroatoms. The Morgan fingerprint density at radius 2 is 1.72 bits per heavy atom. The molecule has 0 amide bonds. The first kappa shape index (κ1) is 18.8. The minimum Gasteiger partial charge on any atom is -0.494 e. The Bertz CT molecular complexity index is 712. The van der Waals surface area contributed by atoms with Gasteiger partial charge >= 0.3 is 0 Å². The van der Waals surface area contributed by atoms with Gasteiger partial charge in [-0.3, -0.25) is 4.79 Å².